The zero-order chi connectivity index (χ0) is 28.1. The van der Waals surface area contributed by atoms with Crippen LogP contribution in [0.1, 0.15) is 57.6 Å². The maximum atomic E-state index is 13.7. The lowest BCUT2D eigenvalue weighted by atomic mass is 9.96. The van der Waals surface area contributed by atoms with Crippen molar-refractivity contribution in [3.05, 3.63) is 90.5 Å². The number of para-hydroxylation sites is 2. The maximum Gasteiger partial charge on any atom is 0.245 e. The molecule has 4 aromatic rings. The quantitative estimate of drug-likeness (QED) is 0.267. The van der Waals surface area contributed by atoms with Gasteiger partial charge < -0.3 is 20.5 Å². The molecule has 5 rings (SSSR count). The van der Waals surface area contributed by atoms with E-state index in [-0.39, 0.29) is 30.3 Å². The van der Waals surface area contributed by atoms with E-state index in [1.807, 2.05) is 59.5 Å². The molecule has 216 valence electrons. The first-order valence-electron chi connectivity index (χ1n) is 14.3. The second kappa shape index (κ2) is 13.3. The molecule has 8 heteroatoms. The maximum absolute atomic E-state index is 13.7. The van der Waals surface area contributed by atoms with Crippen LogP contribution >= 0.6 is 12.4 Å². The summed E-state index contributed by atoms with van der Waals surface area (Å²) in [5, 5.41) is 3.01. The van der Waals surface area contributed by atoms with E-state index < -0.39 is 11.6 Å². The lowest BCUT2D eigenvalue weighted by molar-refractivity contribution is -0.138. The second-order valence-corrected chi connectivity index (χ2v) is 11.3. The molecule has 7 nitrogen and oxygen atoms in total. The van der Waals surface area contributed by atoms with Gasteiger partial charge >= 0.3 is 0 Å². The fraction of sp³-hybridized carbons (Fsp3) is 0.364. The fourth-order valence-corrected chi connectivity index (χ4v) is 5.53. The van der Waals surface area contributed by atoms with E-state index in [1.165, 1.54) is 0 Å². The molecule has 0 bridgehead atoms. The standard InChI is InChI=1S/C33H39N5O2.ClH/c1-33(2,34)32(40)36-27(31(39)37-22-12-5-13-23-37)20-21-28(24-14-6-3-7-15-24)38-29-19-11-10-18-26(29)35-30(38)25-16-8-4-9-17-25;/h3-4,6-11,14-19,27-28H,5,12-13,20-23,34H2,1-2H3,(H,36,40);1H. The van der Waals surface area contributed by atoms with Crippen LogP contribution in [0, 0.1) is 0 Å². The van der Waals surface area contributed by atoms with E-state index in [1.54, 1.807) is 13.8 Å². The first-order chi connectivity index (χ1) is 19.3. The van der Waals surface area contributed by atoms with E-state index in [2.05, 4.69) is 40.2 Å². The predicted octanol–water partition coefficient (Wildman–Crippen LogP) is 5.73. The molecule has 3 N–H and O–H groups in total. The van der Waals surface area contributed by atoms with Gasteiger partial charge in [0.15, 0.2) is 0 Å². The lowest BCUT2D eigenvalue weighted by Crippen LogP contribution is -2.57. The SMILES string of the molecule is CC(C)(N)C(=O)NC(CCC(c1ccccc1)n1c(-c2ccccc2)nc2ccccc21)C(=O)N1CCCCC1.Cl. The normalized spacial score (nSPS) is 15.1. The van der Waals surface area contributed by atoms with Gasteiger partial charge in [-0.1, -0.05) is 72.8 Å². The van der Waals surface area contributed by atoms with Crippen molar-refractivity contribution in [1.82, 2.24) is 19.8 Å². The summed E-state index contributed by atoms with van der Waals surface area (Å²) < 4.78 is 2.29. The van der Waals surface area contributed by atoms with Crippen LogP contribution in [0.5, 0.6) is 0 Å². The first kappa shape index (κ1) is 30.3. The number of nitrogens with two attached hydrogens (primary N) is 1. The van der Waals surface area contributed by atoms with Crippen molar-refractivity contribution >= 4 is 35.3 Å². The van der Waals surface area contributed by atoms with Crippen LogP contribution in [-0.4, -0.2) is 50.9 Å². The Morgan fingerprint density at radius 2 is 1.49 bits per heavy atom. The minimum absolute atomic E-state index is 0. The number of fused-ring (bicyclic) bond motifs is 1. The largest absolute Gasteiger partial charge is 0.343 e. The van der Waals surface area contributed by atoms with Gasteiger partial charge in [-0.05, 0) is 63.6 Å². The van der Waals surface area contributed by atoms with Gasteiger partial charge in [0.05, 0.1) is 22.6 Å². The third-order valence-corrected chi connectivity index (χ3v) is 7.71. The minimum atomic E-state index is -1.08. The second-order valence-electron chi connectivity index (χ2n) is 11.3. The first-order valence-corrected chi connectivity index (χ1v) is 14.3. The molecule has 3 aromatic carbocycles. The molecule has 1 aliphatic heterocycles. The number of hydrogen-bond acceptors (Lipinski definition) is 4. The summed E-state index contributed by atoms with van der Waals surface area (Å²) in [5.74, 6) is 0.529. The molecule has 1 saturated heterocycles. The topological polar surface area (TPSA) is 93.2 Å². The van der Waals surface area contributed by atoms with Crippen molar-refractivity contribution in [2.24, 2.45) is 5.73 Å². The van der Waals surface area contributed by atoms with Crippen LogP contribution in [0.15, 0.2) is 84.9 Å². The van der Waals surface area contributed by atoms with Gasteiger partial charge in [-0.15, -0.1) is 12.4 Å². The number of imidazole rings is 1. The highest BCUT2D eigenvalue weighted by Gasteiger charge is 2.32. The number of halogens is 1. The molecule has 2 unspecified atom stereocenters. The van der Waals surface area contributed by atoms with Gasteiger partial charge in [0.1, 0.15) is 11.9 Å². The summed E-state index contributed by atoms with van der Waals surface area (Å²) in [6.07, 6.45) is 4.20. The number of carbonyl (C=O) groups excluding carboxylic acids is 2. The van der Waals surface area contributed by atoms with E-state index in [4.69, 9.17) is 10.7 Å². The van der Waals surface area contributed by atoms with Crippen molar-refractivity contribution in [3.63, 3.8) is 0 Å². The number of likely N-dealkylation sites (tertiary alicyclic amines) is 1. The minimum Gasteiger partial charge on any atom is -0.343 e. The molecule has 1 aliphatic rings. The molecule has 2 atom stereocenters. The van der Waals surface area contributed by atoms with E-state index in [0.29, 0.717) is 12.8 Å². The Bertz CT molecular complexity index is 1440. The van der Waals surface area contributed by atoms with Gasteiger partial charge in [0.25, 0.3) is 0 Å². The average Bonchev–Trinajstić information content (AvgIpc) is 3.36. The summed E-state index contributed by atoms with van der Waals surface area (Å²) in [6.45, 7) is 4.79. The number of nitrogens with one attached hydrogen (secondary N) is 1. The van der Waals surface area contributed by atoms with Crippen LogP contribution in [0.2, 0.25) is 0 Å². The zero-order valence-corrected chi connectivity index (χ0v) is 24.6. The number of carbonyl (C=O) groups is 2. The van der Waals surface area contributed by atoms with Crippen molar-refractivity contribution in [2.45, 2.75) is 63.6 Å². The smallest absolute Gasteiger partial charge is 0.245 e. The number of piperidine rings is 1. The van der Waals surface area contributed by atoms with Gasteiger partial charge in [-0.3, -0.25) is 9.59 Å². The summed E-state index contributed by atoms with van der Waals surface area (Å²) >= 11 is 0. The molecule has 0 saturated carbocycles. The monoisotopic (exact) mass is 573 g/mol. The lowest BCUT2D eigenvalue weighted by Gasteiger charge is -2.33. The Hall–Kier alpha value is -3.68. The number of hydrogen-bond donors (Lipinski definition) is 2. The van der Waals surface area contributed by atoms with Crippen LogP contribution < -0.4 is 11.1 Å². The van der Waals surface area contributed by atoms with Crippen molar-refractivity contribution < 1.29 is 9.59 Å². The molecule has 41 heavy (non-hydrogen) atoms. The van der Waals surface area contributed by atoms with Crippen LogP contribution in [-0.2, 0) is 9.59 Å². The molecule has 1 aromatic heterocycles. The molecule has 2 heterocycles. The van der Waals surface area contributed by atoms with Gasteiger partial charge in [0.2, 0.25) is 11.8 Å². The number of amides is 2. The third-order valence-electron chi connectivity index (χ3n) is 7.71. The number of benzene rings is 3. The van der Waals surface area contributed by atoms with Gasteiger partial charge in [-0.2, -0.15) is 0 Å². The predicted molar refractivity (Wildman–Crippen MR) is 167 cm³/mol. The van der Waals surface area contributed by atoms with Crippen LogP contribution in [0.4, 0.5) is 0 Å². The number of aromatic nitrogens is 2. The van der Waals surface area contributed by atoms with Crippen LogP contribution in [0.3, 0.4) is 0 Å². The van der Waals surface area contributed by atoms with Crippen molar-refractivity contribution in [1.29, 1.82) is 0 Å². The van der Waals surface area contributed by atoms with Crippen molar-refractivity contribution in [3.8, 4) is 11.4 Å². The van der Waals surface area contributed by atoms with E-state index in [0.717, 1.165) is 60.3 Å². The Kier molecular flexibility index (Phi) is 9.84. The Morgan fingerprint density at radius 3 is 2.15 bits per heavy atom. The van der Waals surface area contributed by atoms with Gasteiger partial charge in [0, 0.05) is 18.7 Å². The third kappa shape index (κ3) is 6.97. The number of nitrogens with zero attached hydrogens (tertiary/aromatic N) is 3. The molecule has 0 aliphatic carbocycles. The summed E-state index contributed by atoms with van der Waals surface area (Å²) in [5.41, 5.74) is 9.14. The molecule has 0 spiro atoms. The highest BCUT2D eigenvalue weighted by molar-refractivity contribution is 5.91. The van der Waals surface area contributed by atoms with Gasteiger partial charge in [-0.25, -0.2) is 4.98 Å². The average molecular weight is 574 g/mol. The van der Waals surface area contributed by atoms with E-state index in [9.17, 15) is 9.59 Å². The summed E-state index contributed by atoms with van der Waals surface area (Å²) in [6, 6.07) is 27.9. The summed E-state index contributed by atoms with van der Waals surface area (Å²) in [7, 11) is 0. The Labute approximate surface area is 248 Å². The van der Waals surface area contributed by atoms with E-state index >= 15 is 0 Å². The molecular formula is C33H40ClN5O2. The summed E-state index contributed by atoms with van der Waals surface area (Å²) in [4.78, 5) is 33.7. The Morgan fingerprint density at radius 1 is 0.878 bits per heavy atom. The zero-order valence-electron chi connectivity index (χ0n) is 23.8. The molecule has 1 fully saturated rings. The molecule has 2 amide bonds. The molecular weight excluding hydrogens is 534 g/mol. The van der Waals surface area contributed by atoms with Crippen LogP contribution in [0.25, 0.3) is 22.4 Å². The van der Waals surface area contributed by atoms with Crippen molar-refractivity contribution in [2.75, 3.05) is 13.1 Å². The fourth-order valence-electron chi connectivity index (χ4n) is 5.53. The highest BCUT2D eigenvalue weighted by Crippen LogP contribution is 2.34. The molecule has 0 radical (unpaired) electrons. The number of rotatable bonds is 9. The highest BCUT2D eigenvalue weighted by atomic mass is 35.5. The Balaban J connectivity index is 0.00000387.